The summed E-state index contributed by atoms with van der Waals surface area (Å²) in [7, 11) is -3.83. The topological polar surface area (TPSA) is 96.0 Å². The number of anilines is 1. The van der Waals surface area contributed by atoms with Crippen molar-refractivity contribution in [3.63, 3.8) is 0 Å². The van der Waals surface area contributed by atoms with Crippen molar-refractivity contribution < 1.29 is 22.7 Å². The Balaban J connectivity index is 1.93. The second-order valence-electron chi connectivity index (χ2n) is 9.37. The minimum absolute atomic E-state index is 0.0201. The number of carbonyl (C=O) groups excluding carboxylic acids is 2. The number of sulfonamides is 1. The first kappa shape index (κ1) is 30.1. The van der Waals surface area contributed by atoms with Gasteiger partial charge in [-0.3, -0.25) is 13.9 Å². The van der Waals surface area contributed by atoms with Gasteiger partial charge in [-0.25, -0.2) is 8.42 Å². The molecule has 11 heteroatoms. The molecule has 0 unspecified atom stereocenters. The summed E-state index contributed by atoms with van der Waals surface area (Å²) in [6, 6.07) is 10.7. The number of hydrogen-bond acceptors (Lipinski definition) is 5. The van der Waals surface area contributed by atoms with Crippen LogP contribution in [0.2, 0.25) is 10.0 Å². The quantitative estimate of drug-likeness (QED) is 0.378. The zero-order valence-corrected chi connectivity index (χ0v) is 24.3. The molecular formula is C27H35Cl2N3O5S. The number of halogens is 2. The van der Waals surface area contributed by atoms with E-state index in [1.54, 1.807) is 42.5 Å². The van der Waals surface area contributed by atoms with Crippen LogP contribution in [0.15, 0.2) is 42.5 Å². The van der Waals surface area contributed by atoms with E-state index in [9.17, 15) is 18.0 Å². The van der Waals surface area contributed by atoms with Gasteiger partial charge in [0, 0.05) is 22.6 Å². The summed E-state index contributed by atoms with van der Waals surface area (Å²) in [5.41, 5.74) is 0.917. The highest BCUT2D eigenvalue weighted by Gasteiger charge is 2.33. The van der Waals surface area contributed by atoms with Gasteiger partial charge in [-0.1, -0.05) is 49.0 Å². The summed E-state index contributed by atoms with van der Waals surface area (Å²) < 4.78 is 32.0. The summed E-state index contributed by atoms with van der Waals surface area (Å²) >= 11 is 12.5. The Morgan fingerprint density at radius 3 is 2.29 bits per heavy atom. The summed E-state index contributed by atoms with van der Waals surface area (Å²) in [6.07, 6.45) is 5.29. The lowest BCUT2D eigenvalue weighted by Crippen LogP contribution is -2.53. The Labute approximate surface area is 235 Å². The molecule has 1 aliphatic carbocycles. The van der Waals surface area contributed by atoms with E-state index in [1.807, 2.05) is 13.8 Å². The maximum Gasteiger partial charge on any atom is 0.244 e. The number of nitrogens with one attached hydrogen (secondary N) is 1. The minimum Gasteiger partial charge on any atom is -0.494 e. The molecule has 0 radical (unpaired) electrons. The van der Waals surface area contributed by atoms with Crippen LogP contribution in [-0.4, -0.2) is 56.6 Å². The molecule has 0 bridgehead atoms. The van der Waals surface area contributed by atoms with E-state index in [0.29, 0.717) is 40.1 Å². The Kier molecular flexibility index (Phi) is 10.7. The first-order valence-electron chi connectivity index (χ1n) is 12.8. The molecule has 2 aromatic carbocycles. The third-order valence-electron chi connectivity index (χ3n) is 6.56. The van der Waals surface area contributed by atoms with Crippen LogP contribution in [0, 0.1) is 0 Å². The van der Waals surface area contributed by atoms with Gasteiger partial charge >= 0.3 is 0 Å². The highest BCUT2D eigenvalue weighted by Crippen LogP contribution is 2.26. The molecule has 1 N–H and O–H groups in total. The highest BCUT2D eigenvalue weighted by atomic mass is 35.5. The SMILES string of the molecule is CCOc1ccc(N(CC(=O)N(Cc2ccc(Cl)cc2Cl)[C@H](CC)C(=O)NC2CCCC2)S(C)(=O)=O)cc1. The number of ether oxygens (including phenoxy) is 1. The van der Waals surface area contributed by atoms with Crippen molar-refractivity contribution in [3.8, 4) is 5.75 Å². The van der Waals surface area contributed by atoms with Gasteiger partial charge in [0.05, 0.1) is 18.6 Å². The van der Waals surface area contributed by atoms with Gasteiger partial charge in [-0.2, -0.15) is 0 Å². The number of benzene rings is 2. The van der Waals surface area contributed by atoms with Gasteiger partial charge in [0.2, 0.25) is 21.8 Å². The van der Waals surface area contributed by atoms with E-state index in [0.717, 1.165) is 36.2 Å². The molecule has 0 heterocycles. The van der Waals surface area contributed by atoms with Crippen molar-refractivity contribution in [2.45, 2.75) is 64.6 Å². The van der Waals surface area contributed by atoms with Crippen LogP contribution >= 0.6 is 23.2 Å². The number of amides is 2. The van der Waals surface area contributed by atoms with Gasteiger partial charge < -0.3 is 15.0 Å². The van der Waals surface area contributed by atoms with Crippen molar-refractivity contribution >= 4 is 50.7 Å². The fourth-order valence-corrected chi connectivity index (χ4v) is 5.93. The molecule has 0 aromatic heterocycles. The Morgan fingerprint density at radius 1 is 1.08 bits per heavy atom. The molecule has 3 rings (SSSR count). The standard InChI is InChI=1S/C27H35Cl2N3O5S/c1-4-25(27(34)30-21-8-6-7-9-21)31(17-19-10-11-20(28)16-24(19)29)26(33)18-32(38(3,35)36)22-12-14-23(15-13-22)37-5-2/h10-16,21,25H,4-9,17-18H2,1-3H3,(H,30,34)/t25-/m1/s1. The first-order chi connectivity index (χ1) is 18.0. The van der Waals surface area contributed by atoms with Crippen molar-refractivity contribution in [3.05, 3.63) is 58.1 Å². The summed E-state index contributed by atoms with van der Waals surface area (Å²) in [5, 5.41) is 3.88. The molecule has 0 spiro atoms. The van der Waals surface area contributed by atoms with Gasteiger partial charge in [-0.15, -0.1) is 0 Å². The molecule has 1 saturated carbocycles. The van der Waals surface area contributed by atoms with Gasteiger partial charge in [-0.05, 0) is 68.1 Å². The third-order valence-corrected chi connectivity index (χ3v) is 8.29. The van der Waals surface area contributed by atoms with Crippen molar-refractivity contribution in [2.24, 2.45) is 0 Å². The lowest BCUT2D eigenvalue weighted by molar-refractivity contribution is -0.140. The summed E-state index contributed by atoms with van der Waals surface area (Å²) in [6.45, 7) is 3.68. The molecule has 1 atom stereocenters. The van der Waals surface area contributed by atoms with Crippen LogP contribution in [-0.2, 0) is 26.2 Å². The molecule has 2 amide bonds. The molecule has 2 aromatic rings. The van der Waals surface area contributed by atoms with Crippen LogP contribution in [0.4, 0.5) is 5.69 Å². The largest absolute Gasteiger partial charge is 0.494 e. The van der Waals surface area contributed by atoms with Crippen molar-refractivity contribution in [1.82, 2.24) is 10.2 Å². The normalized spacial score (nSPS) is 14.7. The van der Waals surface area contributed by atoms with Crippen molar-refractivity contribution in [2.75, 3.05) is 23.7 Å². The van der Waals surface area contributed by atoms with E-state index in [2.05, 4.69) is 5.32 Å². The Bertz CT molecular complexity index is 1220. The van der Waals surface area contributed by atoms with E-state index in [4.69, 9.17) is 27.9 Å². The van der Waals surface area contributed by atoms with Crippen LogP contribution in [0.3, 0.4) is 0 Å². The van der Waals surface area contributed by atoms with Crippen LogP contribution in [0.25, 0.3) is 0 Å². The monoisotopic (exact) mass is 583 g/mol. The molecule has 208 valence electrons. The zero-order chi connectivity index (χ0) is 27.9. The van der Waals surface area contributed by atoms with Gasteiger partial charge in [0.15, 0.2) is 0 Å². The predicted octanol–water partition coefficient (Wildman–Crippen LogP) is 5.02. The average Bonchev–Trinajstić information content (AvgIpc) is 3.36. The lowest BCUT2D eigenvalue weighted by Gasteiger charge is -2.33. The molecule has 1 fully saturated rings. The number of nitrogens with zero attached hydrogens (tertiary/aromatic N) is 2. The molecule has 0 saturated heterocycles. The predicted molar refractivity (Wildman–Crippen MR) is 151 cm³/mol. The van der Waals surface area contributed by atoms with E-state index < -0.39 is 28.5 Å². The number of rotatable bonds is 12. The van der Waals surface area contributed by atoms with Crippen molar-refractivity contribution in [1.29, 1.82) is 0 Å². The number of carbonyl (C=O) groups is 2. The first-order valence-corrected chi connectivity index (χ1v) is 15.4. The van der Waals surface area contributed by atoms with Gasteiger partial charge in [0.1, 0.15) is 18.3 Å². The summed E-state index contributed by atoms with van der Waals surface area (Å²) in [4.78, 5) is 28.6. The van der Waals surface area contributed by atoms with Gasteiger partial charge in [0.25, 0.3) is 0 Å². The highest BCUT2D eigenvalue weighted by molar-refractivity contribution is 7.92. The molecule has 0 aliphatic heterocycles. The maximum atomic E-state index is 13.8. The van der Waals surface area contributed by atoms with E-state index >= 15 is 0 Å². The second kappa shape index (κ2) is 13.5. The van der Waals surface area contributed by atoms with E-state index in [1.165, 1.54) is 4.90 Å². The number of hydrogen-bond donors (Lipinski definition) is 1. The average molecular weight is 585 g/mol. The molecule has 8 nitrogen and oxygen atoms in total. The Hall–Kier alpha value is -2.49. The van der Waals surface area contributed by atoms with Crippen LogP contribution in [0.1, 0.15) is 51.5 Å². The van der Waals surface area contributed by atoms with Crippen LogP contribution in [0.5, 0.6) is 5.75 Å². The van der Waals surface area contributed by atoms with Crippen LogP contribution < -0.4 is 14.4 Å². The second-order valence-corrected chi connectivity index (χ2v) is 12.1. The summed E-state index contributed by atoms with van der Waals surface area (Å²) in [5.74, 6) is -0.196. The molecule has 38 heavy (non-hydrogen) atoms. The molecular weight excluding hydrogens is 549 g/mol. The minimum atomic E-state index is -3.83. The smallest absolute Gasteiger partial charge is 0.244 e. The fourth-order valence-electron chi connectivity index (χ4n) is 4.61. The third kappa shape index (κ3) is 8.01. The lowest BCUT2D eigenvalue weighted by atomic mass is 10.1. The zero-order valence-electron chi connectivity index (χ0n) is 22.0. The molecule has 1 aliphatic rings. The van der Waals surface area contributed by atoms with E-state index in [-0.39, 0.29) is 18.5 Å². The Morgan fingerprint density at radius 2 is 1.74 bits per heavy atom. The maximum absolute atomic E-state index is 13.8. The fraction of sp³-hybridized carbons (Fsp3) is 0.481.